The number of hydrogen-bond donors (Lipinski definition) is 2. The third kappa shape index (κ3) is 2.85. The number of benzene rings is 1. The topological polar surface area (TPSA) is 47.6 Å². The molecule has 0 radical (unpaired) electrons. The van der Waals surface area contributed by atoms with Crippen molar-refractivity contribution >= 4 is 18.5 Å². The largest absolute Gasteiger partial charge is 0.454 e. The molecule has 1 heterocycles. The SMILES string of the molecule is Cc1cc2c(cc1CNC(=O)CCS)OCO2. The van der Waals surface area contributed by atoms with Gasteiger partial charge in [-0.3, -0.25) is 4.79 Å². The summed E-state index contributed by atoms with van der Waals surface area (Å²) >= 11 is 4.02. The van der Waals surface area contributed by atoms with Crippen molar-refractivity contribution in [3.05, 3.63) is 23.3 Å². The fourth-order valence-electron chi connectivity index (χ4n) is 1.66. The van der Waals surface area contributed by atoms with Gasteiger partial charge in [0.15, 0.2) is 11.5 Å². The maximum Gasteiger partial charge on any atom is 0.231 e. The Morgan fingerprint density at radius 1 is 1.41 bits per heavy atom. The van der Waals surface area contributed by atoms with E-state index >= 15 is 0 Å². The van der Waals surface area contributed by atoms with Crippen molar-refractivity contribution in [1.82, 2.24) is 5.32 Å². The first kappa shape index (κ1) is 12.1. The van der Waals surface area contributed by atoms with Gasteiger partial charge in [-0.25, -0.2) is 0 Å². The molecule has 0 aromatic heterocycles. The monoisotopic (exact) mass is 253 g/mol. The van der Waals surface area contributed by atoms with Crippen molar-refractivity contribution in [3.63, 3.8) is 0 Å². The van der Waals surface area contributed by atoms with E-state index in [1.54, 1.807) is 0 Å². The van der Waals surface area contributed by atoms with Crippen LogP contribution in [0.4, 0.5) is 0 Å². The molecule has 1 aliphatic heterocycles. The minimum atomic E-state index is 0.0112. The first-order valence-corrected chi connectivity index (χ1v) is 6.10. The zero-order valence-electron chi connectivity index (χ0n) is 9.66. The molecule has 0 bridgehead atoms. The Bertz CT molecular complexity index is 434. The summed E-state index contributed by atoms with van der Waals surface area (Å²) in [7, 11) is 0. The fraction of sp³-hybridized carbons (Fsp3) is 0.417. The molecule has 1 aromatic carbocycles. The summed E-state index contributed by atoms with van der Waals surface area (Å²) in [6.07, 6.45) is 0.437. The lowest BCUT2D eigenvalue weighted by atomic mass is 10.1. The van der Waals surface area contributed by atoms with Crippen LogP contribution in [0.1, 0.15) is 17.5 Å². The highest BCUT2D eigenvalue weighted by Crippen LogP contribution is 2.34. The highest BCUT2D eigenvalue weighted by atomic mass is 32.1. The number of aryl methyl sites for hydroxylation is 1. The van der Waals surface area contributed by atoms with Gasteiger partial charge < -0.3 is 14.8 Å². The molecule has 5 heteroatoms. The van der Waals surface area contributed by atoms with E-state index in [2.05, 4.69) is 17.9 Å². The normalized spacial score (nSPS) is 12.6. The maximum atomic E-state index is 11.3. The summed E-state index contributed by atoms with van der Waals surface area (Å²) in [5.41, 5.74) is 2.13. The predicted molar refractivity (Wildman–Crippen MR) is 67.6 cm³/mol. The number of carbonyl (C=O) groups is 1. The number of rotatable bonds is 4. The summed E-state index contributed by atoms with van der Waals surface area (Å²) in [5, 5.41) is 2.85. The van der Waals surface area contributed by atoms with Crippen LogP contribution in [0.25, 0.3) is 0 Å². The summed E-state index contributed by atoms with van der Waals surface area (Å²) in [6.45, 7) is 2.77. The summed E-state index contributed by atoms with van der Waals surface area (Å²) in [4.78, 5) is 11.3. The molecule has 2 rings (SSSR count). The third-order valence-corrected chi connectivity index (χ3v) is 2.87. The summed E-state index contributed by atoms with van der Waals surface area (Å²) in [5.74, 6) is 2.09. The number of nitrogens with one attached hydrogen (secondary N) is 1. The first-order valence-electron chi connectivity index (χ1n) is 5.47. The van der Waals surface area contributed by atoms with Crippen molar-refractivity contribution in [2.45, 2.75) is 19.9 Å². The van der Waals surface area contributed by atoms with Crippen LogP contribution in [0, 0.1) is 6.92 Å². The standard InChI is InChI=1S/C12H15NO3S/c1-8-4-10-11(16-7-15-10)5-9(8)6-13-12(14)2-3-17/h4-5,17H,2-3,6-7H2,1H3,(H,13,14). The van der Waals surface area contributed by atoms with E-state index in [9.17, 15) is 4.79 Å². The Kier molecular flexibility index (Phi) is 3.78. The second kappa shape index (κ2) is 5.31. The summed E-state index contributed by atoms with van der Waals surface area (Å²) < 4.78 is 10.6. The lowest BCUT2D eigenvalue weighted by molar-refractivity contribution is -0.120. The predicted octanol–water partition coefficient (Wildman–Crippen LogP) is 1.66. The van der Waals surface area contributed by atoms with Gasteiger partial charge in [0.2, 0.25) is 12.7 Å². The van der Waals surface area contributed by atoms with Crippen molar-refractivity contribution in [2.75, 3.05) is 12.5 Å². The van der Waals surface area contributed by atoms with E-state index in [0.717, 1.165) is 22.6 Å². The highest BCUT2D eigenvalue weighted by molar-refractivity contribution is 7.80. The quantitative estimate of drug-likeness (QED) is 0.802. The van der Waals surface area contributed by atoms with Gasteiger partial charge in [-0.1, -0.05) is 0 Å². The minimum Gasteiger partial charge on any atom is -0.454 e. The number of carbonyl (C=O) groups excluding carboxylic acids is 1. The lowest BCUT2D eigenvalue weighted by Gasteiger charge is -2.08. The van der Waals surface area contributed by atoms with E-state index in [1.807, 2.05) is 19.1 Å². The number of amides is 1. The highest BCUT2D eigenvalue weighted by Gasteiger charge is 2.15. The van der Waals surface area contributed by atoms with E-state index in [-0.39, 0.29) is 12.7 Å². The van der Waals surface area contributed by atoms with Gasteiger partial charge in [-0.2, -0.15) is 12.6 Å². The average molecular weight is 253 g/mol. The van der Waals surface area contributed by atoms with Crippen LogP contribution < -0.4 is 14.8 Å². The zero-order valence-corrected chi connectivity index (χ0v) is 10.5. The lowest BCUT2D eigenvalue weighted by Crippen LogP contribution is -2.23. The van der Waals surface area contributed by atoms with E-state index < -0.39 is 0 Å². The molecule has 0 saturated carbocycles. The second-order valence-corrected chi connectivity index (χ2v) is 4.33. The summed E-state index contributed by atoms with van der Waals surface area (Å²) in [6, 6.07) is 3.85. The third-order valence-electron chi connectivity index (χ3n) is 2.65. The van der Waals surface area contributed by atoms with Gasteiger partial charge in [-0.05, 0) is 35.9 Å². The Morgan fingerprint density at radius 3 is 2.82 bits per heavy atom. The molecule has 0 spiro atoms. The molecule has 0 fully saturated rings. The van der Waals surface area contributed by atoms with Crippen molar-refractivity contribution < 1.29 is 14.3 Å². The van der Waals surface area contributed by atoms with Crippen molar-refractivity contribution in [1.29, 1.82) is 0 Å². The van der Waals surface area contributed by atoms with E-state index in [4.69, 9.17) is 9.47 Å². The van der Waals surface area contributed by atoms with Gasteiger partial charge in [0, 0.05) is 13.0 Å². The van der Waals surface area contributed by atoms with Crippen LogP contribution in [0.2, 0.25) is 0 Å². The van der Waals surface area contributed by atoms with Crippen LogP contribution in [0.5, 0.6) is 11.5 Å². The molecule has 92 valence electrons. The number of fused-ring (bicyclic) bond motifs is 1. The van der Waals surface area contributed by atoms with Crippen LogP contribution in [0.15, 0.2) is 12.1 Å². The Hall–Kier alpha value is -1.36. The molecule has 0 aliphatic carbocycles. The molecular formula is C12H15NO3S. The van der Waals surface area contributed by atoms with Crippen molar-refractivity contribution in [2.24, 2.45) is 0 Å². The van der Waals surface area contributed by atoms with Crippen LogP contribution in [0.3, 0.4) is 0 Å². The molecule has 1 N–H and O–H groups in total. The molecule has 0 saturated heterocycles. The molecular weight excluding hydrogens is 238 g/mol. The zero-order chi connectivity index (χ0) is 12.3. The van der Waals surface area contributed by atoms with Gasteiger partial charge >= 0.3 is 0 Å². The van der Waals surface area contributed by atoms with Crippen LogP contribution in [-0.2, 0) is 11.3 Å². The average Bonchev–Trinajstić information content (AvgIpc) is 2.73. The number of hydrogen-bond acceptors (Lipinski definition) is 4. The first-order chi connectivity index (χ1) is 8.20. The van der Waals surface area contributed by atoms with Gasteiger partial charge in [-0.15, -0.1) is 0 Å². The molecule has 1 amide bonds. The molecule has 4 nitrogen and oxygen atoms in total. The number of thiol groups is 1. The van der Waals surface area contributed by atoms with E-state index in [1.165, 1.54) is 0 Å². The Morgan fingerprint density at radius 2 is 2.12 bits per heavy atom. The van der Waals surface area contributed by atoms with Gasteiger partial charge in [0.25, 0.3) is 0 Å². The van der Waals surface area contributed by atoms with Gasteiger partial charge in [0.05, 0.1) is 0 Å². The van der Waals surface area contributed by atoms with Crippen LogP contribution >= 0.6 is 12.6 Å². The molecule has 0 atom stereocenters. The smallest absolute Gasteiger partial charge is 0.231 e. The van der Waals surface area contributed by atoms with E-state index in [0.29, 0.717) is 18.7 Å². The molecule has 1 aromatic rings. The van der Waals surface area contributed by atoms with Crippen LogP contribution in [-0.4, -0.2) is 18.5 Å². The Labute approximate surface area is 106 Å². The number of ether oxygens (including phenoxy) is 2. The fourth-order valence-corrected chi connectivity index (χ4v) is 1.86. The maximum absolute atomic E-state index is 11.3. The second-order valence-electron chi connectivity index (χ2n) is 3.88. The Balaban J connectivity index is 2.04. The molecule has 0 unspecified atom stereocenters. The van der Waals surface area contributed by atoms with Gasteiger partial charge in [0.1, 0.15) is 0 Å². The molecule has 17 heavy (non-hydrogen) atoms. The minimum absolute atomic E-state index is 0.0112. The molecule has 1 aliphatic rings. The van der Waals surface area contributed by atoms with Crippen molar-refractivity contribution in [3.8, 4) is 11.5 Å².